The van der Waals surface area contributed by atoms with Crippen molar-refractivity contribution in [2.75, 3.05) is 5.32 Å². The molecule has 0 aromatic heterocycles. The van der Waals surface area contributed by atoms with E-state index in [2.05, 4.69) is 5.32 Å². The lowest BCUT2D eigenvalue weighted by Crippen LogP contribution is -2.41. The molecule has 19 heavy (non-hydrogen) atoms. The summed E-state index contributed by atoms with van der Waals surface area (Å²) in [5.41, 5.74) is 0.598. The van der Waals surface area contributed by atoms with Crippen LogP contribution in [0.2, 0.25) is 5.02 Å². The molecule has 4 nitrogen and oxygen atoms in total. The van der Waals surface area contributed by atoms with Gasteiger partial charge in [0, 0.05) is 22.6 Å². The maximum Gasteiger partial charge on any atom is 0.228 e. The van der Waals surface area contributed by atoms with Crippen molar-refractivity contribution in [1.29, 1.82) is 0 Å². The van der Waals surface area contributed by atoms with E-state index in [9.17, 15) is 14.7 Å². The highest BCUT2D eigenvalue weighted by molar-refractivity contribution is 6.30. The van der Waals surface area contributed by atoms with Gasteiger partial charge in [0.15, 0.2) is 0 Å². The number of hydrogen-bond donors (Lipinski definition) is 1. The molecule has 0 bridgehead atoms. The van der Waals surface area contributed by atoms with Gasteiger partial charge in [-0.05, 0) is 37.1 Å². The molecule has 0 saturated carbocycles. The summed E-state index contributed by atoms with van der Waals surface area (Å²) >= 11 is 5.75. The van der Waals surface area contributed by atoms with E-state index < -0.39 is 17.8 Å². The molecule has 1 aromatic carbocycles. The van der Waals surface area contributed by atoms with Crippen LogP contribution in [0.25, 0.3) is 0 Å². The predicted molar refractivity (Wildman–Crippen MR) is 70.4 cm³/mol. The van der Waals surface area contributed by atoms with Crippen LogP contribution in [0.4, 0.5) is 5.69 Å². The Bertz CT molecular complexity index is 510. The molecule has 0 unspecified atom stereocenters. The monoisotopic (exact) mass is 278 g/mol. The maximum atomic E-state index is 12.1. The van der Waals surface area contributed by atoms with Crippen molar-refractivity contribution in [2.24, 2.45) is 11.8 Å². The molecule has 0 spiro atoms. The molecule has 100 valence electrons. The quantitative estimate of drug-likeness (QED) is 0.854. The number of nitrogens with one attached hydrogen (secondary N) is 1. The minimum atomic E-state index is -1.18. The van der Waals surface area contributed by atoms with Gasteiger partial charge in [0.1, 0.15) is 0 Å². The summed E-state index contributed by atoms with van der Waals surface area (Å²) in [6.45, 7) is 0. The largest absolute Gasteiger partial charge is 0.550 e. The van der Waals surface area contributed by atoms with Crippen molar-refractivity contribution in [3.05, 3.63) is 41.4 Å². The predicted octanol–water partition coefficient (Wildman–Crippen LogP) is 1.61. The summed E-state index contributed by atoms with van der Waals surface area (Å²) in [7, 11) is 0. The summed E-state index contributed by atoms with van der Waals surface area (Å²) in [4.78, 5) is 23.1. The highest BCUT2D eigenvalue weighted by Crippen LogP contribution is 2.26. The molecule has 0 saturated heterocycles. The first kappa shape index (κ1) is 13.6. The molecule has 0 aliphatic heterocycles. The van der Waals surface area contributed by atoms with E-state index in [1.54, 1.807) is 30.3 Å². The molecule has 0 fully saturated rings. The fraction of sp³-hybridized carbons (Fsp3) is 0.286. The third kappa shape index (κ3) is 3.35. The van der Waals surface area contributed by atoms with Crippen LogP contribution in [0.1, 0.15) is 12.8 Å². The van der Waals surface area contributed by atoms with Crippen LogP contribution in [0.15, 0.2) is 36.4 Å². The van der Waals surface area contributed by atoms with Crippen LogP contribution in [0.5, 0.6) is 0 Å². The van der Waals surface area contributed by atoms with Crippen LogP contribution in [0.3, 0.4) is 0 Å². The normalized spacial score (nSPS) is 21.9. The second kappa shape index (κ2) is 5.89. The second-order valence-corrected chi connectivity index (χ2v) is 4.91. The number of carbonyl (C=O) groups is 2. The number of carboxylic acid groups (broad SMARTS) is 1. The number of carbonyl (C=O) groups excluding carboxylic acids is 2. The van der Waals surface area contributed by atoms with Crippen molar-refractivity contribution < 1.29 is 14.7 Å². The summed E-state index contributed by atoms with van der Waals surface area (Å²) in [6.07, 6.45) is 4.34. The molecule has 0 heterocycles. The van der Waals surface area contributed by atoms with Crippen molar-refractivity contribution in [3.63, 3.8) is 0 Å². The van der Waals surface area contributed by atoms with Crippen molar-refractivity contribution in [1.82, 2.24) is 0 Å². The fourth-order valence-corrected chi connectivity index (χ4v) is 2.26. The van der Waals surface area contributed by atoms with Crippen molar-refractivity contribution in [3.8, 4) is 0 Å². The Hall–Kier alpha value is -1.81. The average Bonchev–Trinajstić information content (AvgIpc) is 2.41. The SMILES string of the molecule is O=C([O-])[C@@H]1CC=CC[C@H]1C(=O)Nc1ccc(Cl)cc1. The second-order valence-electron chi connectivity index (χ2n) is 4.47. The number of amides is 1. The topological polar surface area (TPSA) is 69.2 Å². The van der Waals surface area contributed by atoms with E-state index in [1.165, 1.54) is 0 Å². The summed E-state index contributed by atoms with van der Waals surface area (Å²) < 4.78 is 0. The minimum Gasteiger partial charge on any atom is -0.550 e. The van der Waals surface area contributed by atoms with E-state index in [0.29, 0.717) is 23.6 Å². The van der Waals surface area contributed by atoms with Crippen molar-refractivity contribution >= 4 is 29.2 Å². The number of allylic oxidation sites excluding steroid dienone is 2. The molecule has 1 aliphatic rings. The van der Waals surface area contributed by atoms with Gasteiger partial charge in [0.05, 0.1) is 5.92 Å². The van der Waals surface area contributed by atoms with Crippen LogP contribution >= 0.6 is 11.6 Å². The number of hydrogen-bond acceptors (Lipinski definition) is 3. The minimum absolute atomic E-state index is 0.305. The van der Waals surface area contributed by atoms with Gasteiger partial charge in [0.2, 0.25) is 5.91 Å². The van der Waals surface area contributed by atoms with Gasteiger partial charge < -0.3 is 15.2 Å². The van der Waals surface area contributed by atoms with Crippen molar-refractivity contribution in [2.45, 2.75) is 12.8 Å². The number of aliphatic carboxylic acids is 1. The zero-order chi connectivity index (χ0) is 13.8. The molecule has 2 rings (SSSR count). The van der Waals surface area contributed by atoms with Gasteiger partial charge >= 0.3 is 0 Å². The lowest BCUT2D eigenvalue weighted by atomic mass is 9.82. The number of anilines is 1. The Labute approximate surface area is 116 Å². The Morgan fingerprint density at radius 3 is 2.26 bits per heavy atom. The zero-order valence-corrected chi connectivity index (χ0v) is 10.9. The number of carboxylic acids is 1. The Morgan fingerprint density at radius 1 is 1.11 bits per heavy atom. The van der Waals surface area contributed by atoms with E-state index >= 15 is 0 Å². The van der Waals surface area contributed by atoms with Crippen LogP contribution in [0, 0.1) is 11.8 Å². The first-order valence-corrected chi connectivity index (χ1v) is 6.38. The Morgan fingerprint density at radius 2 is 1.68 bits per heavy atom. The van der Waals surface area contributed by atoms with Crippen LogP contribution < -0.4 is 10.4 Å². The fourth-order valence-electron chi connectivity index (χ4n) is 2.13. The molecule has 1 aliphatic carbocycles. The molecule has 1 N–H and O–H groups in total. The lowest BCUT2D eigenvalue weighted by molar-refractivity contribution is -0.313. The molecule has 1 amide bonds. The molecule has 5 heteroatoms. The molecule has 1 aromatic rings. The number of benzene rings is 1. The molecule has 0 radical (unpaired) electrons. The number of halogens is 1. The van der Waals surface area contributed by atoms with E-state index in [-0.39, 0.29) is 5.91 Å². The van der Waals surface area contributed by atoms with Gasteiger partial charge in [-0.15, -0.1) is 0 Å². The summed E-state index contributed by atoms with van der Waals surface area (Å²) in [5, 5.41) is 14.3. The highest BCUT2D eigenvalue weighted by atomic mass is 35.5. The van der Waals surface area contributed by atoms with Gasteiger partial charge in [-0.25, -0.2) is 0 Å². The Balaban J connectivity index is 2.08. The lowest BCUT2D eigenvalue weighted by Gasteiger charge is -2.28. The third-order valence-electron chi connectivity index (χ3n) is 3.18. The summed E-state index contributed by atoms with van der Waals surface area (Å²) in [5.74, 6) is -2.84. The Kier molecular flexibility index (Phi) is 4.22. The summed E-state index contributed by atoms with van der Waals surface area (Å²) in [6, 6.07) is 6.67. The third-order valence-corrected chi connectivity index (χ3v) is 3.44. The maximum absolute atomic E-state index is 12.1. The van der Waals surface area contributed by atoms with Crippen LogP contribution in [-0.2, 0) is 9.59 Å². The van der Waals surface area contributed by atoms with Crippen LogP contribution in [-0.4, -0.2) is 11.9 Å². The molecule has 2 atom stereocenters. The van der Waals surface area contributed by atoms with Gasteiger partial charge in [-0.3, -0.25) is 4.79 Å². The highest BCUT2D eigenvalue weighted by Gasteiger charge is 2.29. The molecular weight excluding hydrogens is 266 g/mol. The van der Waals surface area contributed by atoms with Gasteiger partial charge in [-0.1, -0.05) is 23.8 Å². The first-order chi connectivity index (χ1) is 9.08. The van der Waals surface area contributed by atoms with E-state index in [0.717, 1.165) is 0 Å². The van der Waals surface area contributed by atoms with E-state index in [4.69, 9.17) is 11.6 Å². The van der Waals surface area contributed by atoms with Gasteiger partial charge in [0.25, 0.3) is 0 Å². The van der Waals surface area contributed by atoms with E-state index in [1.807, 2.05) is 6.08 Å². The first-order valence-electron chi connectivity index (χ1n) is 6.00. The zero-order valence-electron chi connectivity index (χ0n) is 10.1. The molecular formula is C14H13ClNO3-. The number of rotatable bonds is 3. The standard InChI is InChI=1S/C14H14ClNO3/c15-9-5-7-10(8-6-9)16-13(17)11-3-1-2-4-12(11)14(18)19/h1-2,5-8,11-12H,3-4H2,(H,16,17)(H,18,19)/p-1/t11-,12-/m1/s1. The smallest absolute Gasteiger partial charge is 0.228 e. The van der Waals surface area contributed by atoms with Gasteiger partial charge in [-0.2, -0.15) is 0 Å². The average molecular weight is 279 g/mol.